The predicted molar refractivity (Wildman–Crippen MR) is 77.8 cm³/mol. The molecule has 1 rings (SSSR count). The molecule has 0 aromatic carbocycles. The highest BCUT2D eigenvalue weighted by Crippen LogP contribution is 2.34. The third kappa shape index (κ3) is 4.52. The van der Waals surface area contributed by atoms with E-state index in [1.165, 1.54) is 25.7 Å². The number of hydrogen-bond acceptors (Lipinski definition) is 3. The van der Waals surface area contributed by atoms with E-state index < -0.39 is 0 Å². The highest BCUT2D eigenvalue weighted by molar-refractivity contribution is 4.95. The Balaban J connectivity index is 2.28. The van der Waals surface area contributed by atoms with Crippen molar-refractivity contribution in [2.24, 2.45) is 11.7 Å². The Kier molecular flexibility index (Phi) is 7.20. The van der Waals surface area contributed by atoms with Gasteiger partial charge < -0.3 is 10.5 Å². The molecule has 0 aliphatic heterocycles. The molecule has 0 amide bonds. The van der Waals surface area contributed by atoms with E-state index in [1.54, 1.807) is 0 Å². The van der Waals surface area contributed by atoms with Crippen molar-refractivity contribution in [1.82, 2.24) is 4.90 Å². The highest BCUT2D eigenvalue weighted by Gasteiger charge is 2.37. The quantitative estimate of drug-likeness (QED) is 0.645. The van der Waals surface area contributed by atoms with Crippen LogP contribution in [0.25, 0.3) is 0 Å². The van der Waals surface area contributed by atoms with Crippen molar-refractivity contribution < 1.29 is 4.74 Å². The highest BCUT2D eigenvalue weighted by atomic mass is 16.5. The summed E-state index contributed by atoms with van der Waals surface area (Å²) < 4.78 is 5.74. The molecule has 0 aromatic heterocycles. The maximum absolute atomic E-state index is 6.03. The van der Waals surface area contributed by atoms with Gasteiger partial charge in [0.25, 0.3) is 0 Å². The molecule has 2 N–H and O–H groups in total. The van der Waals surface area contributed by atoms with E-state index in [4.69, 9.17) is 10.5 Å². The monoisotopic (exact) mass is 256 g/mol. The third-order valence-corrected chi connectivity index (χ3v) is 4.31. The second-order valence-corrected chi connectivity index (χ2v) is 6.01. The Morgan fingerprint density at radius 3 is 2.39 bits per heavy atom. The summed E-state index contributed by atoms with van der Waals surface area (Å²) in [5.74, 6) is 0.734. The number of nitrogens with zero attached hydrogens (tertiary/aromatic N) is 1. The van der Waals surface area contributed by atoms with Gasteiger partial charge in [-0.3, -0.25) is 4.90 Å². The van der Waals surface area contributed by atoms with Crippen molar-refractivity contribution in [2.75, 3.05) is 32.8 Å². The van der Waals surface area contributed by atoms with Crippen LogP contribution in [0.1, 0.15) is 52.9 Å². The summed E-state index contributed by atoms with van der Waals surface area (Å²) in [6.45, 7) is 11.4. The van der Waals surface area contributed by atoms with E-state index in [0.717, 1.165) is 45.2 Å². The Bertz CT molecular complexity index is 213. The summed E-state index contributed by atoms with van der Waals surface area (Å²) in [5, 5.41) is 0. The maximum Gasteiger partial charge on any atom is 0.0593 e. The molecule has 18 heavy (non-hydrogen) atoms. The van der Waals surface area contributed by atoms with Crippen LogP contribution in [0, 0.1) is 5.92 Å². The van der Waals surface area contributed by atoms with Gasteiger partial charge in [-0.05, 0) is 31.7 Å². The molecule has 0 atom stereocenters. The average molecular weight is 256 g/mol. The van der Waals surface area contributed by atoms with E-state index in [2.05, 4.69) is 25.7 Å². The summed E-state index contributed by atoms with van der Waals surface area (Å²) in [7, 11) is 0. The molecular formula is C15H32N2O. The maximum atomic E-state index is 6.03. The standard InChI is InChI=1S/C15H32N2O/c1-4-17(10-12-18-11-7-14(2)3)15(13-16)8-5-6-9-15/h14H,4-13,16H2,1-3H3. The normalized spacial score (nSPS) is 19.0. The Labute approximate surface area is 113 Å². The molecular weight excluding hydrogens is 224 g/mol. The first kappa shape index (κ1) is 15.9. The number of ether oxygens (including phenoxy) is 1. The number of likely N-dealkylation sites (N-methyl/N-ethyl adjacent to an activating group) is 1. The third-order valence-electron chi connectivity index (χ3n) is 4.31. The number of rotatable bonds is 9. The minimum Gasteiger partial charge on any atom is -0.380 e. The van der Waals surface area contributed by atoms with Crippen LogP contribution in [0.5, 0.6) is 0 Å². The zero-order valence-corrected chi connectivity index (χ0v) is 12.6. The van der Waals surface area contributed by atoms with Gasteiger partial charge in [-0.2, -0.15) is 0 Å². The van der Waals surface area contributed by atoms with Crippen molar-refractivity contribution >= 4 is 0 Å². The fourth-order valence-electron chi connectivity index (χ4n) is 3.01. The molecule has 3 heteroatoms. The van der Waals surface area contributed by atoms with Crippen LogP contribution in [0.15, 0.2) is 0 Å². The largest absolute Gasteiger partial charge is 0.380 e. The van der Waals surface area contributed by atoms with Gasteiger partial charge in [0, 0.05) is 25.2 Å². The summed E-state index contributed by atoms with van der Waals surface area (Å²) in [6.07, 6.45) is 6.37. The van der Waals surface area contributed by atoms with Gasteiger partial charge in [0.05, 0.1) is 6.61 Å². The van der Waals surface area contributed by atoms with Gasteiger partial charge in [-0.15, -0.1) is 0 Å². The number of nitrogens with two attached hydrogens (primary N) is 1. The van der Waals surface area contributed by atoms with Crippen LogP contribution in [-0.2, 0) is 4.74 Å². The van der Waals surface area contributed by atoms with Crippen molar-refractivity contribution in [2.45, 2.75) is 58.4 Å². The molecule has 1 saturated carbocycles. The molecule has 0 radical (unpaired) electrons. The molecule has 1 aliphatic rings. The molecule has 108 valence electrons. The lowest BCUT2D eigenvalue weighted by Gasteiger charge is -2.40. The second kappa shape index (κ2) is 8.13. The van der Waals surface area contributed by atoms with Crippen molar-refractivity contribution in [1.29, 1.82) is 0 Å². The Hall–Kier alpha value is -0.120. The average Bonchev–Trinajstić information content (AvgIpc) is 2.83. The van der Waals surface area contributed by atoms with E-state index >= 15 is 0 Å². The van der Waals surface area contributed by atoms with Crippen LogP contribution < -0.4 is 5.73 Å². The van der Waals surface area contributed by atoms with Crippen LogP contribution in [0.3, 0.4) is 0 Å². The Morgan fingerprint density at radius 2 is 1.89 bits per heavy atom. The predicted octanol–water partition coefficient (Wildman–Crippen LogP) is 2.64. The molecule has 1 aliphatic carbocycles. The van der Waals surface area contributed by atoms with Gasteiger partial charge in [0.1, 0.15) is 0 Å². The van der Waals surface area contributed by atoms with E-state index in [0.29, 0.717) is 0 Å². The van der Waals surface area contributed by atoms with Gasteiger partial charge in [-0.1, -0.05) is 33.6 Å². The summed E-state index contributed by atoms with van der Waals surface area (Å²) in [5.41, 5.74) is 6.31. The topological polar surface area (TPSA) is 38.5 Å². The minimum absolute atomic E-state index is 0.274. The molecule has 0 aromatic rings. The van der Waals surface area contributed by atoms with E-state index in [1.807, 2.05) is 0 Å². The number of hydrogen-bond donors (Lipinski definition) is 1. The zero-order valence-electron chi connectivity index (χ0n) is 12.6. The van der Waals surface area contributed by atoms with Gasteiger partial charge in [0.2, 0.25) is 0 Å². The first-order valence-corrected chi connectivity index (χ1v) is 7.67. The minimum atomic E-state index is 0.274. The van der Waals surface area contributed by atoms with Gasteiger partial charge >= 0.3 is 0 Å². The van der Waals surface area contributed by atoms with E-state index in [9.17, 15) is 0 Å². The van der Waals surface area contributed by atoms with Crippen LogP contribution in [0.4, 0.5) is 0 Å². The smallest absolute Gasteiger partial charge is 0.0593 e. The van der Waals surface area contributed by atoms with Gasteiger partial charge in [-0.25, -0.2) is 0 Å². The zero-order chi connectivity index (χ0) is 13.4. The lowest BCUT2D eigenvalue weighted by molar-refractivity contribution is 0.0478. The SMILES string of the molecule is CCN(CCOCCC(C)C)C1(CN)CCCC1. The molecule has 3 nitrogen and oxygen atoms in total. The molecule has 0 spiro atoms. The first-order chi connectivity index (χ1) is 8.64. The fourth-order valence-corrected chi connectivity index (χ4v) is 3.01. The summed E-state index contributed by atoms with van der Waals surface area (Å²) in [4.78, 5) is 2.55. The molecule has 0 unspecified atom stereocenters. The van der Waals surface area contributed by atoms with Crippen LogP contribution in [-0.4, -0.2) is 43.3 Å². The lowest BCUT2D eigenvalue weighted by Crippen LogP contribution is -2.53. The van der Waals surface area contributed by atoms with Gasteiger partial charge in [0.15, 0.2) is 0 Å². The molecule has 0 bridgehead atoms. The molecule has 1 fully saturated rings. The van der Waals surface area contributed by atoms with E-state index in [-0.39, 0.29) is 5.54 Å². The van der Waals surface area contributed by atoms with Crippen molar-refractivity contribution in [3.8, 4) is 0 Å². The summed E-state index contributed by atoms with van der Waals surface area (Å²) in [6, 6.07) is 0. The van der Waals surface area contributed by atoms with Crippen molar-refractivity contribution in [3.63, 3.8) is 0 Å². The first-order valence-electron chi connectivity index (χ1n) is 7.67. The molecule has 0 heterocycles. The lowest BCUT2D eigenvalue weighted by atomic mass is 9.95. The van der Waals surface area contributed by atoms with Crippen LogP contribution in [0.2, 0.25) is 0 Å². The molecule has 0 saturated heterocycles. The fraction of sp³-hybridized carbons (Fsp3) is 1.00. The van der Waals surface area contributed by atoms with Crippen molar-refractivity contribution in [3.05, 3.63) is 0 Å². The second-order valence-electron chi connectivity index (χ2n) is 6.01. The van der Waals surface area contributed by atoms with Crippen LogP contribution >= 0.6 is 0 Å². The summed E-state index contributed by atoms with van der Waals surface area (Å²) >= 11 is 0. The Morgan fingerprint density at radius 1 is 1.22 bits per heavy atom.